The smallest absolute Gasteiger partial charge is 0.206 e. The zero-order valence-corrected chi connectivity index (χ0v) is 19.1. The summed E-state index contributed by atoms with van der Waals surface area (Å²) in [5, 5.41) is 0. The summed E-state index contributed by atoms with van der Waals surface area (Å²) in [5.41, 5.74) is 6.44. The van der Waals surface area contributed by atoms with Crippen LogP contribution < -0.4 is 4.90 Å². The highest BCUT2D eigenvalue weighted by Crippen LogP contribution is 2.52. The van der Waals surface area contributed by atoms with Crippen molar-refractivity contribution in [3.63, 3.8) is 0 Å². The Labute approximate surface area is 189 Å². The van der Waals surface area contributed by atoms with E-state index in [4.69, 9.17) is 0 Å². The van der Waals surface area contributed by atoms with Gasteiger partial charge in [-0.15, -0.1) is 0 Å². The Morgan fingerprint density at radius 1 is 0.719 bits per heavy atom. The Kier molecular flexibility index (Phi) is 4.68. The van der Waals surface area contributed by atoms with Gasteiger partial charge in [-0.1, -0.05) is 50.2 Å². The molecule has 0 saturated heterocycles. The molecule has 0 saturated carbocycles. The molecule has 0 radical (unpaired) electrons. The third-order valence-electron chi connectivity index (χ3n) is 6.32. The quantitative estimate of drug-likeness (QED) is 0.373. The lowest BCUT2D eigenvalue weighted by Gasteiger charge is -2.42. The van der Waals surface area contributed by atoms with Crippen LogP contribution in [0.4, 0.5) is 17.1 Å². The molecule has 0 fully saturated rings. The first kappa shape index (κ1) is 20.5. The van der Waals surface area contributed by atoms with Crippen molar-refractivity contribution in [1.82, 2.24) is 4.98 Å². The lowest BCUT2D eigenvalue weighted by molar-refractivity contribution is 0.596. The van der Waals surface area contributed by atoms with E-state index in [1.807, 2.05) is 25.1 Å². The van der Waals surface area contributed by atoms with Gasteiger partial charge >= 0.3 is 0 Å². The molecule has 0 unspecified atom stereocenters. The fourth-order valence-corrected chi connectivity index (χ4v) is 5.96. The van der Waals surface area contributed by atoms with Crippen LogP contribution in [-0.4, -0.2) is 13.4 Å². The molecule has 3 aromatic carbocycles. The number of hydrogen-bond acceptors (Lipinski definition) is 4. The molecule has 4 nitrogen and oxygen atoms in total. The Balaban J connectivity index is 1.69. The molecule has 0 spiro atoms. The molecule has 0 atom stereocenters. The second-order valence-electron chi connectivity index (χ2n) is 8.63. The van der Waals surface area contributed by atoms with Crippen molar-refractivity contribution in [2.45, 2.75) is 36.0 Å². The number of pyridine rings is 1. The van der Waals surface area contributed by atoms with Crippen molar-refractivity contribution in [2.24, 2.45) is 0 Å². The maximum atomic E-state index is 13.1. The second-order valence-corrected chi connectivity index (χ2v) is 10.6. The fraction of sp³-hybridized carbons (Fsp3) is 0.148. The van der Waals surface area contributed by atoms with Crippen LogP contribution in [0, 0.1) is 6.92 Å². The van der Waals surface area contributed by atoms with Gasteiger partial charge in [-0.25, -0.2) is 8.42 Å². The molecule has 1 aliphatic rings. The molecule has 5 heteroatoms. The molecule has 4 aromatic rings. The first-order valence-corrected chi connectivity index (χ1v) is 12.0. The zero-order chi connectivity index (χ0) is 22.5. The van der Waals surface area contributed by atoms with Crippen LogP contribution in [0.2, 0.25) is 0 Å². The number of hydrogen-bond donors (Lipinski definition) is 0. The first-order valence-electron chi connectivity index (χ1n) is 10.6. The van der Waals surface area contributed by atoms with Crippen LogP contribution in [0.3, 0.4) is 0 Å². The van der Waals surface area contributed by atoms with Gasteiger partial charge in [0.05, 0.1) is 21.2 Å². The molecular formula is C27H24N2O2S. The van der Waals surface area contributed by atoms with Crippen molar-refractivity contribution < 1.29 is 8.42 Å². The maximum absolute atomic E-state index is 13.1. The van der Waals surface area contributed by atoms with Crippen LogP contribution in [0.25, 0.3) is 0 Å². The third kappa shape index (κ3) is 3.04. The number of anilines is 3. The van der Waals surface area contributed by atoms with Gasteiger partial charge in [0.15, 0.2) is 0 Å². The predicted octanol–water partition coefficient (Wildman–Crippen LogP) is 6.33. The highest BCUT2D eigenvalue weighted by atomic mass is 32.2. The second kappa shape index (κ2) is 7.31. The number of fused-ring (bicyclic) bond motifs is 2. The number of sulfone groups is 1. The number of rotatable bonds is 3. The Hall–Kier alpha value is -3.44. The number of nitrogens with zero attached hydrogens (tertiary/aromatic N) is 2. The minimum atomic E-state index is -3.61. The average Bonchev–Trinajstić information content (AvgIpc) is 2.81. The topological polar surface area (TPSA) is 50.3 Å². The van der Waals surface area contributed by atoms with E-state index < -0.39 is 9.84 Å². The molecule has 1 aromatic heterocycles. The van der Waals surface area contributed by atoms with E-state index in [-0.39, 0.29) is 15.2 Å². The van der Waals surface area contributed by atoms with Gasteiger partial charge in [0.1, 0.15) is 0 Å². The SMILES string of the molecule is Cc1cc(S(=O)(=O)c2ccncc2)ccc1N1c2ccccc2C(C)(C)c2ccccc21. The number of aromatic nitrogens is 1. The van der Waals surface area contributed by atoms with E-state index in [0.717, 1.165) is 22.6 Å². The van der Waals surface area contributed by atoms with Crippen LogP contribution >= 0.6 is 0 Å². The molecule has 5 rings (SSSR count). The van der Waals surface area contributed by atoms with Crippen LogP contribution in [0.5, 0.6) is 0 Å². The van der Waals surface area contributed by atoms with Gasteiger partial charge in [-0.3, -0.25) is 4.98 Å². The van der Waals surface area contributed by atoms with Gasteiger partial charge in [-0.2, -0.15) is 0 Å². The minimum Gasteiger partial charge on any atom is -0.310 e. The summed E-state index contributed by atoms with van der Waals surface area (Å²) in [4.78, 5) is 6.70. The third-order valence-corrected chi connectivity index (χ3v) is 8.08. The Morgan fingerprint density at radius 3 is 1.84 bits per heavy atom. The Morgan fingerprint density at radius 2 is 1.28 bits per heavy atom. The maximum Gasteiger partial charge on any atom is 0.206 e. The first-order chi connectivity index (χ1) is 15.3. The summed E-state index contributed by atoms with van der Waals surface area (Å²) in [7, 11) is -3.61. The van der Waals surface area contributed by atoms with E-state index in [9.17, 15) is 8.42 Å². The van der Waals surface area contributed by atoms with Crippen molar-refractivity contribution in [3.05, 3.63) is 108 Å². The van der Waals surface area contributed by atoms with Crippen molar-refractivity contribution >= 4 is 26.9 Å². The Bertz CT molecular complexity index is 1380. The number of benzene rings is 3. The minimum absolute atomic E-state index is 0.137. The molecule has 0 amide bonds. The largest absolute Gasteiger partial charge is 0.310 e. The average molecular weight is 441 g/mol. The predicted molar refractivity (Wildman–Crippen MR) is 128 cm³/mol. The van der Waals surface area contributed by atoms with Crippen LogP contribution in [0.1, 0.15) is 30.5 Å². The summed E-state index contributed by atoms with van der Waals surface area (Å²) in [5.74, 6) is 0. The summed E-state index contributed by atoms with van der Waals surface area (Å²) in [6.45, 7) is 6.46. The molecule has 0 N–H and O–H groups in total. The number of aryl methyl sites for hydroxylation is 1. The molecule has 0 bridgehead atoms. The summed E-state index contributed by atoms with van der Waals surface area (Å²) >= 11 is 0. The normalized spacial score (nSPS) is 14.5. The van der Waals surface area contributed by atoms with E-state index in [1.54, 1.807) is 12.1 Å². The van der Waals surface area contributed by atoms with Crippen LogP contribution in [-0.2, 0) is 15.3 Å². The van der Waals surface area contributed by atoms with E-state index in [0.29, 0.717) is 0 Å². The monoisotopic (exact) mass is 440 g/mol. The van der Waals surface area contributed by atoms with Gasteiger partial charge in [0.25, 0.3) is 0 Å². The van der Waals surface area contributed by atoms with Crippen molar-refractivity contribution in [2.75, 3.05) is 4.90 Å². The molecule has 160 valence electrons. The molecule has 2 heterocycles. The van der Waals surface area contributed by atoms with Gasteiger partial charge in [0, 0.05) is 23.5 Å². The van der Waals surface area contributed by atoms with Gasteiger partial charge in [0.2, 0.25) is 9.84 Å². The van der Waals surface area contributed by atoms with E-state index in [1.165, 1.54) is 35.7 Å². The summed E-state index contributed by atoms with van der Waals surface area (Å²) in [6, 6.07) is 25.3. The highest BCUT2D eigenvalue weighted by molar-refractivity contribution is 7.91. The van der Waals surface area contributed by atoms with E-state index in [2.05, 4.69) is 60.1 Å². The highest BCUT2D eigenvalue weighted by Gasteiger charge is 2.36. The lowest BCUT2D eigenvalue weighted by atomic mass is 9.73. The van der Waals surface area contributed by atoms with Gasteiger partial charge < -0.3 is 4.90 Å². The zero-order valence-electron chi connectivity index (χ0n) is 18.3. The van der Waals surface area contributed by atoms with Crippen molar-refractivity contribution in [3.8, 4) is 0 Å². The fourth-order valence-electron chi connectivity index (χ4n) is 4.63. The molecule has 0 aliphatic carbocycles. The lowest BCUT2D eigenvalue weighted by Crippen LogP contribution is -2.30. The summed E-state index contributed by atoms with van der Waals surface area (Å²) < 4.78 is 26.2. The van der Waals surface area contributed by atoms with Gasteiger partial charge in [-0.05, 0) is 66.1 Å². The number of para-hydroxylation sites is 2. The van der Waals surface area contributed by atoms with Crippen LogP contribution in [0.15, 0.2) is 101 Å². The summed E-state index contributed by atoms with van der Waals surface area (Å²) in [6.07, 6.45) is 2.99. The molecular weight excluding hydrogens is 416 g/mol. The van der Waals surface area contributed by atoms with Crippen molar-refractivity contribution in [1.29, 1.82) is 0 Å². The van der Waals surface area contributed by atoms with E-state index >= 15 is 0 Å². The molecule has 1 aliphatic heterocycles. The molecule has 32 heavy (non-hydrogen) atoms. The standard InChI is InChI=1S/C27H24N2O2S/c1-19-18-21(32(30,31)20-14-16-28-17-15-20)12-13-24(19)29-25-10-6-4-8-22(25)27(2,3)23-9-5-7-11-26(23)29/h4-18H,1-3H3.